The van der Waals surface area contributed by atoms with Crippen LogP contribution in [0.3, 0.4) is 0 Å². The summed E-state index contributed by atoms with van der Waals surface area (Å²) >= 11 is 18.3. The number of rotatable bonds is 11. The van der Waals surface area contributed by atoms with Gasteiger partial charge in [-0.2, -0.15) is 4.31 Å². The molecular weight excluding hydrogens is 629 g/mol. The lowest BCUT2D eigenvalue weighted by Gasteiger charge is -2.42. The third-order valence-electron chi connectivity index (χ3n) is 9.23. The van der Waals surface area contributed by atoms with Crippen LogP contribution in [0.25, 0.3) is 0 Å². The lowest BCUT2D eigenvalue weighted by atomic mass is 9.78. The molecule has 11 heteroatoms. The predicted octanol–water partition coefficient (Wildman–Crippen LogP) is 6.59. The van der Waals surface area contributed by atoms with Crippen LogP contribution in [0.5, 0.6) is 0 Å². The first-order valence-corrected chi connectivity index (χ1v) is 18.1. The van der Waals surface area contributed by atoms with Crippen LogP contribution in [0.15, 0.2) is 47.4 Å². The third-order valence-corrected chi connectivity index (χ3v) is 12.2. The van der Waals surface area contributed by atoms with Gasteiger partial charge in [0.05, 0.1) is 16.1 Å². The summed E-state index contributed by atoms with van der Waals surface area (Å²) in [6.07, 6.45) is 10.5. The number of nitrogens with zero attached hydrogens (tertiary/aromatic N) is 2. The van der Waals surface area contributed by atoms with Gasteiger partial charge in [-0.05, 0) is 94.5 Å². The van der Waals surface area contributed by atoms with E-state index in [9.17, 15) is 13.2 Å². The van der Waals surface area contributed by atoms with Gasteiger partial charge in [-0.3, -0.25) is 4.79 Å². The molecule has 0 bridgehead atoms. The van der Waals surface area contributed by atoms with Crippen molar-refractivity contribution in [2.75, 3.05) is 32.8 Å². The molecule has 43 heavy (non-hydrogen) atoms. The lowest BCUT2D eigenvalue weighted by molar-refractivity contribution is -0.128. The molecule has 0 radical (unpaired) electrons. The van der Waals surface area contributed by atoms with Crippen LogP contribution in [0.4, 0.5) is 0 Å². The summed E-state index contributed by atoms with van der Waals surface area (Å²) in [5, 5.41) is 3.40. The molecule has 0 aromatic heterocycles. The van der Waals surface area contributed by atoms with E-state index in [1.54, 1.807) is 0 Å². The Morgan fingerprint density at radius 1 is 0.930 bits per heavy atom. The van der Waals surface area contributed by atoms with E-state index in [1.165, 1.54) is 60.8 Å². The summed E-state index contributed by atoms with van der Waals surface area (Å²) in [5.74, 6) is 0.505. The van der Waals surface area contributed by atoms with Gasteiger partial charge in [0, 0.05) is 30.2 Å². The van der Waals surface area contributed by atoms with E-state index in [2.05, 4.69) is 40.5 Å². The number of sulfonamides is 1. The van der Waals surface area contributed by atoms with E-state index in [4.69, 9.17) is 39.5 Å². The van der Waals surface area contributed by atoms with E-state index in [0.717, 1.165) is 32.1 Å². The minimum absolute atomic E-state index is 0.0191. The summed E-state index contributed by atoms with van der Waals surface area (Å²) in [6, 6.07) is 14.3. The summed E-state index contributed by atoms with van der Waals surface area (Å²) in [6.45, 7) is 2.71. The summed E-state index contributed by atoms with van der Waals surface area (Å²) < 4.78 is 33.5. The van der Waals surface area contributed by atoms with Crippen LogP contribution in [-0.2, 0) is 26.0 Å². The number of halogens is 3. The number of amides is 1. The zero-order valence-electron chi connectivity index (χ0n) is 24.5. The number of hydrogen-bond donors (Lipinski definition) is 1. The Hall–Kier alpha value is -1.39. The van der Waals surface area contributed by atoms with Crippen LogP contribution in [0, 0.1) is 5.92 Å². The first kappa shape index (κ1) is 33.0. The van der Waals surface area contributed by atoms with Gasteiger partial charge in [-0.25, -0.2) is 8.42 Å². The van der Waals surface area contributed by atoms with Crippen molar-refractivity contribution in [3.63, 3.8) is 0 Å². The van der Waals surface area contributed by atoms with Crippen molar-refractivity contribution in [3.05, 3.63) is 63.1 Å². The molecule has 2 aromatic carbocycles. The van der Waals surface area contributed by atoms with Gasteiger partial charge in [0.1, 0.15) is 11.5 Å². The Bertz CT molecular complexity index is 1310. The number of carbonyl (C=O) groups excluding carboxylic acids is 1. The zero-order valence-corrected chi connectivity index (χ0v) is 27.6. The minimum Gasteiger partial charge on any atom is -0.367 e. The second-order valence-electron chi connectivity index (χ2n) is 12.2. The van der Waals surface area contributed by atoms with E-state index in [1.807, 2.05) is 0 Å². The van der Waals surface area contributed by atoms with Crippen LogP contribution in [0.1, 0.15) is 63.4 Å². The van der Waals surface area contributed by atoms with Crippen molar-refractivity contribution in [1.29, 1.82) is 0 Å². The van der Waals surface area contributed by atoms with Crippen molar-refractivity contribution in [2.45, 2.75) is 87.3 Å². The topological polar surface area (TPSA) is 78.9 Å². The molecular formula is C32H42Cl3N3O4S. The number of aryl methyl sites for hydroxylation is 1. The SMILES string of the molecule is O=C(COC1CCN(S(=O)(=O)c2c(Cl)cc(Cl)cc2Cl)C1)NC1CCC(C(CCc2ccccc2)N2CCCCC2)CC1. The fourth-order valence-corrected chi connectivity index (χ4v) is 9.97. The average Bonchev–Trinajstić information content (AvgIpc) is 3.48. The number of piperidine rings is 1. The van der Waals surface area contributed by atoms with Gasteiger partial charge in [-0.15, -0.1) is 0 Å². The maximum absolute atomic E-state index is 13.2. The first-order valence-electron chi connectivity index (χ1n) is 15.5. The summed E-state index contributed by atoms with van der Waals surface area (Å²) in [7, 11) is -3.93. The number of ether oxygens (including phenoxy) is 1. The van der Waals surface area contributed by atoms with Crippen LogP contribution in [-0.4, -0.2) is 74.5 Å². The van der Waals surface area contributed by atoms with Gasteiger partial charge in [0.25, 0.3) is 0 Å². The zero-order chi connectivity index (χ0) is 30.4. The predicted molar refractivity (Wildman–Crippen MR) is 172 cm³/mol. The van der Waals surface area contributed by atoms with Gasteiger partial charge in [0.2, 0.25) is 15.9 Å². The number of likely N-dealkylation sites (tertiary alicyclic amines) is 1. The lowest BCUT2D eigenvalue weighted by Crippen LogP contribution is -2.47. The molecule has 3 aliphatic rings. The first-order chi connectivity index (χ1) is 20.7. The number of carbonyl (C=O) groups is 1. The van der Waals surface area contributed by atoms with E-state index in [-0.39, 0.29) is 57.7 Å². The molecule has 1 aliphatic carbocycles. The molecule has 2 saturated heterocycles. The van der Waals surface area contributed by atoms with E-state index < -0.39 is 10.0 Å². The Labute approximate surface area is 271 Å². The second kappa shape index (κ2) is 15.3. The second-order valence-corrected chi connectivity index (χ2v) is 15.3. The highest BCUT2D eigenvalue weighted by Gasteiger charge is 2.36. The van der Waals surface area contributed by atoms with Crippen LogP contribution >= 0.6 is 34.8 Å². The molecule has 3 fully saturated rings. The molecule has 0 spiro atoms. The van der Waals surface area contributed by atoms with Gasteiger partial charge in [0.15, 0.2) is 0 Å². The van der Waals surface area contributed by atoms with Crippen LogP contribution in [0.2, 0.25) is 15.1 Å². The Kier molecular flexibility index (Phi) is 11.7. The summed E-state index contributed by atoms with van der Waals surface area (Å²) in [4.78, 5) is 15.4. The highest BCUT2D eigenvalue weighted by Crippen LogP contribution is 2.36. The highest BCUT2D eigenvalue weighted by molar-refractivity contribution is 7.89. The van der Waals surface area contributed by atoms with E-state index in [0.29, 0.717) is 18.4 Å². The quantitative estimate of drug-likeness (QED) is 0.292. The molecule has 2 atom stereocenters. The van der Waals surface area contributed by atoms with Crippen LogP contribution < -0.4 is 5.32 Å². The monoisotopic (exact) mass is 669 g/mol. The van der Waals surface area contributed by atoms with Gasteiger partial charge >= 0.3 is 0 Å². The molecule has 2 heterocycles. The van der Waals surface area contributed by atoms with Gasteiger partial charge < -0.3 is 15.0 Å². The molecule has 1 N–H and O–H groups in total. The molecule has 2 aromatic rings. The Morgan fingerprint density at radius 2 is 1.60 bits per heavy atom. The fourth-order valence-electron chi connectivity index (χ4n) is 6.99. The molecule has 1 amide bonds. The fraction of sp³-hybridized carbons (Fsp3) is 0.594. The van der Waals surface area contributed by atoms with E-state index >= 15 is 0 Å². The maximum Gasteiger partial charge on any atom is 0.246 e. The maximum atomic E-state index is 13.2. The van der Waals surface area contributed by atoms with Crippen molar-refractivity contribution in [1.82, 2.24) is 14.5 Å². The Balaban J connectivity index is 1.07. The normalized spacial score (nSPS) is 24.6. The largest absolute Gasteiger partial charge is 0.367 e. The Morgan fingerprint density at radius 3 is 2.28 bits per heavy atom. The standard InChI is InChI=1S/C32H42Cl3N3O4S/c33-25-19-28(34)32(29(35)20-25)43(40,41)38-18-15-27(21-38)42-22-31(39)36-26-12-10-24(11-13-26)30(37-16-5-2-6-17-37)14-9-23-7-3-1-4-8-23/h1,3-4,7-8,19-20,24,26-27,30H,2,5-6,9-18,21-22H2,(H,36,39). The molecule has 2 unspecified atom stereocenters. The molecule has 236 valence electrons. The number of nitrogens with one attached hydrogen (secondary N) is 1. The third kappa shape index (κ3) is 8.66. The molecule has 1 saturated carbocycles. The number of hydrogen-bond acceptors (Lipinski definition) is 5. The van der Waals surface area contributed by atoms with Crippen molar-refractivity contribution in [3.8, 4) is 0 Å². The highest BCUT2D eigenvalue weighted by atomic mass is 35.5. The average molecular weight is 671 g/mol. The van der Waals surface area contributed by atoms with Crippen molar-refractivity contribution in [2.24, 2.45) is 5.92 Å². The molecule has 2 aliphatic heterocycles. The molecule has 7 nitrogen and oxygen atoms in total. The van der Waals surface area contributed by atoms with Crippen molar-refractivity contribution < 1.29 is 17.9 Å². The molecule has 5 rings (SSSR count). The summed E-state index contributed by atoms with van der Waals surface area (Å²) in [5.41, 5.74) is 1.41. The number of benzene rings is 2. The smallest absolute Gasteiger partial charge is 0.246 e. The van der Waals surface area contributed by atoms with Gasteiger partial charge in [-0.1, -0.05) is 71.6 Å². The minimum atomic E-state index is -3.93. The van der Waals surface area contributed by atoms with Crippen molar-refractivity contribution >= 4 is 50.7 Å².